The van der Waals surface area contributed by atoms with Crippen LogP contribution in [-0.4, -0.2) is 34.4 Å². The van der Waals surface area contributed by atoms with Gasteiger partial charge in [-0.3, -0.25) is 4.79 Å². The summed E-state index contributed by atoms with van der Waals surface area (Å²) in [5.41, 5.74) is 6.85. The van der Waals surface area contributed by atoms with Gasteiger partial charge in [0, 0.05) is 18.6 Å². The zero-order chi connectivity index (χ0) is 16.6. The highest BCUT2D eigenvalue weighted by atomic mass is 32.1. The van der Waals surface area contributed by atoms with Crippen LogP contribution in [0.1, 0.15) is 47.3 Å². The molecule has 1 amide bonds. The molecule has 5 nitrogen and oxygen atoms in total. The average Bonchev–Trinajstić information content (AvgIpc) is 3.12. The molecule has 1 aliphatic rings. The zero-order valence-corrected chi connectivity index (χ0v) is 14.7. The molecule has 3 heterocycles. The van der Waals surface area contributed by atoms with Crippen molar-refractivity contribution in [2.24, 2.45) is 5.73 Å². The predicted molar refractivity (Wildman–Crippen MR) is 91.6 cm³/mol. The van der Waals surface area contributed by atoms with Crippen molar-refractivity contribution in [2.45, 2.75) is 52.1 Å². The number of amides is 1. The number of thiazole rings is 1. The zero-order valence-electron chi connectivity index (χ0n) is 13.8. The number of furan rings is 1. The number of aromatic nitrogens is 1. The van der Waals surface area contributed by atoms with Crippen LogP contribution in [0.4, 0.5) is 0 Å². The molecule has 1 aliphatic heterocycles. The topological polar surface area (TPSA) is 72.4 Å². The standard InChI is InChI=1S/C17H23N3O2S/c1-10-7-8-14(22-10)16-19-12(3)15(23-16)17(21)20-9-5-4-6-13(20)11(2)18/h7-8,11,13H,4-6,9,18H2,1-3H3. The first-order valence-electron chi connectivity index (χ1n) is 8.08. The molecular weight excluding hydrogens is 310 g/mol. The minimum Gasteiger partial charge on any atom is -0.459 e. The van der Waals surface area contributed by atoms with Crippen LogP contribution >= 0.6 is 11.3 Å². The molecule has 2 atom stereocenters. The lowest BCUT2D eigenvalue weighted by Crippen LogP contribution is -2.51. The fourth-order valence-electron chi connectivity index (χ4n) is 3.14. The fourth-order valence-corrected chi connectivity index (χ4v) is 4.12. The van der Waals surface area contributed by atoms with Crippen molar-refractivity contribution in [3.63, 3.8) is 0 Å². The summed E-state index contributed by atoms with van der Waals surface area (Å²) in [6.45, 7) is 6.54. The summed E-state index contributed by atoms with van der Waals surface area (Å²) >= 11 is 1.40. The number of carbonyl (C=O) groups is 1. The maximum absolute atomic E-state index is 13.0. The van der Waals surface area contributed by atoms with Crippen molar-refractivity contribution in [3.8, 4) is 10.8 Å². The van der Waals surface area contributed by atoms with Crippen LogP contribution in [0.15, 0.2) is 16.5 Å². The van der Waals surface area contributed by atoms with Gasteiger partial charge in [-0.15, -0.1) is 11.3 Å². The van der Waals surface area contributed by atoms with Gasteiger partial charge in [0.1, 0.15) is 10.6 Å². The second kappa shape index (κ2) is 6.45. The Kier molecular flexibility index (Phi) is 4.55. The van der Waals surface area contributed by atoms with Gasteiger partial charge in [0.05, 0.1) is 5.69 Å². The van der Waals surface area contributed by atoms with Gasteiger partial charge in [-0.05, 0) is 52.2 Å². The first-order valence-corrected chi connectivity index (χ1v) is 8.90. The summed E-state index contributed by atoms with van der Waals surface area (Å²) < 4.78 is 5.63. The smallest absolute Gasteiger partial charge is 0.266 e. The molecule has 2 aromatic rings. The van der Waals surface area contributed by atoms with Gasteiger partial charge < -0.3 is 15.1 Å². The van der Waals surface area contributed by atoms with Crippen LogP contribution in [0.2, 0.25) is 0 Å². The number of likely N-dealkylation sites (tertiary alicyclic amines) is 1. The SMILES string of the molecule is Cc1ccc(-c2nc(C)c(C(=O)N3CCCCC3C(C)N)s2)o1. The Balaban J connectivity index is 1.88. The third-order valence-electron chi connectivity index (χ3n) is 4.36. The Bertz CT molecular complexity index is 705. The number of aryl methyl sites for hydroxylation is 2. The number of nitrogens with two attached hydrogens (primary N) is 1. The number of nitrogens with zero attached hydrogens (tertiary/aromatic N) is 2. The molecule has 0 bridgehead atoms. The molecule has 3 rings (SSSR count). The van der Waals surface area contributed by atoms with Crippen LogP contribution in [-0.2, 0) is 0 Å². The highest BCUT2D eigenvalue weighted by molar-refractivity contribution is 7.17. The van der Waals surface area contributed by atoms with Crippen molar-refractivity contribution in [1.29, 1.82) is 0 Å². The number of hydrogen-bond donors (Lipinski definition) is 1. The largest absolute Gasteiger partial charge is 0.459 e. The minimum absolute atomic E-state index is 0.0142. The third-order valence-corrected chi connectivity index (χ3v) is 5.52. The highest BCUT2D eigenvalue weighted by Gasteiger charge is 2.32. The summed E-state index contributed by atoms with van der Waals surface area (Å²) in [5.74, 6) is 1.61. The fraction of sp³-hybridized carbons (Fsp3) is 0.529. The Morgan fingerprint density at radius 3 is 2.87 bits per heavy atom. The second-order valence-electron chi connectivity index (χ2n) is 6.26. The molecule has 1 fully saturated rings. The number of rotatable bonds is 3. The average molecular weight is 333 g/mol. The van der Waals surface area contributed by atoms with Gasteiger partial charge in [0.15, 0.2) is 10.8 Å². The molecule has 124 valence electrons. The first kappa shape index (κ1) is 16.2. The molecule has 0 saturated carbocycles. The van der Waals surface area contributed by atoms with E-state index in [1.165, 1.54) is 11.3 Å². The van der Waals surface area contributed by atoms with Crippen molar-refractivity contribution >= 4 is 17.2 Å². The second-order valence-corrected chi connectivity index (χ2v) is 7.26. The summed E-state index contributed by atoms with van der Waals surface area (Å²) in [6, 6.07) is 3.91. The van der Waals surface area contributed by atoms with E-state index in [0.717, 1.165) is 48.0 Å². The van der Waals surface area contributed by atoms with Crippen LogP contribution in [0.3, 0.4) is 0 Å². The van der Waals surface area contributed by atoms with Crippen LogP contribution in [0.25, 0.3) is 10.8 Å². The van der Waals surface area contributed by atoms with Gasteiger partial charge in [-0.1, -0.05) is 0 Å². The summed E-state index contributed by atoms with van der Waals surface area (Å²) in [5, 5.41) is 0.758. The monoisotopic (exact) mass is 333 g/mol. The quantitative estimate of drug-likeness (QED) is 0.935. The van der Waals surface area contributed by atoms with Crippen molar-refractivity contribution in [3.05, 3.63) is 28.5 Å². The Morgan fingerprint density at radius 2 is 2.22 bits per heavy atom. The molecule has 2 N–H and O–H groups in total. The van der Waals surface area contributed by atoms with Crippen molar-refractivity contribution in [1.82, 2.24) is 9.88 Å². The summed E-state index contributed by atoms with van der Waals surface area (Å²) in [4.78, 5) is 20.2. The van der Waals surface area contributed by atoms with Crippen LogP contribution in [0, 0.1) is 13.8 Å². The predicted octanol–water partition coefficient (Wildman–Crippen LogP) is 3.36. The molecule has 0 spiro atoms. The van der Waals surface area contributed by atoms with Crippen molar-refractivity contribution < 1.29 is 9.21 Å². The molecule has 2 aromatic heterocycles. The molecule has 23 heavy (non-hydrogen) atoms. The van der Waals surface area contributed by atoms with Crippen molar-refractivity contribution in [2.75, 3.05) is 6.54 Å². The molecule has 0 aromatic carbocycles. The van der Waals surface area contributed by atoms with E-state index in [1.54, 1.807) is 0 Å². The van der Waals surface area contributed by atoms with E-state index < -0.39 is 0 Å². The lowest BCUT2D eigenvalue weighted by molar-refractivity contribution is 0.0588. The number of piperidine rings is 1. The van der Waals surface area contributed by atoms with Gasteiger partial charge >= 0.3 is 0 Å². The van der Waals surface area contributed by atoms with Crippen LogP contribution in [0.5, 0.6) is 0 Å². The maximum atomic E-state index is 13.0. The van der Waals surface area contributed by atoms with E-state index in [0.29, 0.717) is 4.88 Å². The summed E-state index contributed by atoms with van der Waals surface area (Å²) in [7, 11) is 0. The Morgan fingerprint density at radius 1 is 1.43 bits per heavy atom. The molecular formula is C17H23N3O2S. The number of hydrogen-bond acceptors (Lipinski definition) is 5. The van der Waals surface area contributed by atoms with Gasteiger partial charge in [0.2, 0.25) is 0 Å². The molecule has 2 unspecified atom stereocenters. The first-order chi connectivity index (χ1) is 11.0. The lowest BCUT2D eigenvalue weighted by atomic mass is 9.96. The van der Waals surface area contributed by atoms with Gasteiger partial charge in [0.25, 0.3) is 5.91 Å². The highest BCUT2D eigenvalue weighted by Crippen LogP contribution is 2.31. The van der Waals surface area contributed by atoms with E-state index in [9.17, 15) is 4.79 Å². The normalized spacial score (nSPS) is 19.8. The summed E-state index contributed by atoms with van der Waals surface area (Å²) in [6.07, 6.45) is 3.15. The van der Waals surface area contributed by atoms with E-state index in [2.05, 4.69) is 4.98 Å². The van der Waals surface area contributed by atoms with Crippen LogP contribution < -0.4 is 5.73 Å². The minimum atomic E-state index is -0.0142. The third kappa shape index (κ3) is 3.19. The molecule has 1 saturated heterocycles. The van der Waals surface area contributed by atoms with E-state index in [-0.39, 0.29) is 18.0 Å². The van der Waals surface area contributed by atoms with E-state index in [4.69, 9.17) is 10.2 Å². The van der Waals surface area contributed by atoms with E-state index in [1.807, 2.05) is 37.8 Å². The molecule has 0 aliphatic carbocycles. The van der Waals surface area contributed by atoms with Gasteiger partial charge in [-0.2, -0.15) is 0 Å². The van der Waals surface area contributed by atoms with Gasteiger partial charge in [-0.25, -0.2) is 4.98 Å². The number of carbonyl (C=O) groups excluding carboxylic acids is 1. The molecule has 0 radical (unpaired) electrons. The Hall–Kier alpha value is -1.66. The maximum Gasteiger partial charge on any atom is 0.266 e. The Labute approximate surface area is 140 Å². The van der Waals surface area contributed by atoms with E-state index >= 15 is 0 Å². The lowest BCUT2D eigenvalue weighted by Gasteiger charge is -2.37. The molecule has 6 heteroatoms.